The van der Waals surface area contributed by atoms with Gasteiger partial charge in [-0.15, -0.1) is 11.1 Å². The zero-order chi connectivity index (χ0) is 24.1. The summed E-state index contributed by atoms with van der Waals surface area (Å²) >= 11 is 2.00. The number of carbonyl (C=O) groups excluding carboxylic acids is 2. The van der Waals surface area contributed by atoms with E-state index in [9.17, 15) is 0 Å². The van der Waals surface area contributed by atoms with E-state index in [0.29, 0.717) is 0 Å². The first kappa shape index (κ1) is 26.1. The van der Waals surface area contributed by atoms with Crippen molar-refractivity contribution in [2.24, 2.45) is 0 Å². The largest absolute Gasteiger partial charge is 0.545 e. The van der Waals surface area contributed by atoms with Crippen LogP contribution in [0.1, 0.15) is 29.2 Å². The minimum Gasteiger partial charge on any atom is -0.545 e. The van der Waals surface area contributed by atoms with Crippen molar-refractivity contribution in [3.8, 4) is 22.3 Å². The Morgan fingerprint density at radius 3 is 1.36 bits per heavy atom. The molecule has 0 bridgehead atoms. The maximum Gasteiger partial charge on any atom is -0.0253 e. The van der Waals surface area contributed by atoms with Crippen LogP contribution in [0.5, 0.6) is 0 Å². The van der Waals surface area contributed by atoms with Gasteiger partial charge < -0.3 is 9.59 Å². The van der Waals surface area contributed by atoms with Crippen LogP contribution in [0, 0.1) is 12.1 Å². The maximum atomic E-state index is 7.75. The average Bonchev–Trinajstić information content (AvgIpc) is 3.46. The number of hydrogen-bond donors (Lipinski definition) is 0. The van der Waals surface area contributed by atoms with Crippen molar-refractivity contribution in [3.05, 3.63) is 119 Å². The molecule has 0 saturated carbocycles. The van der Waals surface area contributed by atoms with Crippen LogP contribution < -0.4 is 0 Å². The van der Waals surface area contributed by atoms with Gasteiger partial charge in [0.15, 0.2) is 0 Å². The Morgan fingerprint density at radius 2 is 0.970 bits per heavy atom. The fraction of sp³-hybridized carbons (Fsp3) is 0.100. The summed E-state index contributed by atoms with van der Waals surface area (Å²) in [6.45, 7) is 8.50. The van der Waals surface area contributed by atoms with Crippen molar-refractivity contribution in [1.82, 2.24) is 0 Å². The molecular formula is C30H24O2Ti-4. The van der Waals surface area contributed by atoms with Crippen LogP contribution >= 0.6 is 0 Å². The van der Waals surface area contributed by atoms with Crippen molar-refractivity contribution in [2.45, 2.75) is 19.8 Å². The van der Waals surface area contributed by atoms with Gasteiger partial charge in [0, 0.05) is 0 Å². The van der Waals surface area contributed by atoms with Gasteiger partial charge in [-0.05, 0) is 12.8 Å². The summed E-state index contributed by atoms with van der Waals surface area (Å²) in [5.74, 6) is 0. The number of rotatable bonds is 0. The fourth-order valence-corrected chi connectivity index (χ4v) is 4.00. The number of fused-ring (bicyclic) bond motifs is 6. The third kappa shape index (κ3) is 6.41. The molecule has 0 aromatic heterocycles. The Morgan fingerprint density at radius 1 is 0.636 bits per heavy atom. The Labute approximate surface area is 208 Å². The molecule has 4 aromatic rings. The molecule has 2 aliphatic rings. The predicted octanol–water partition coefficient (Wildman–Crippen LogP) is 5.92. The van der Waals surface area contributed by atoms with E-state index in [2.05, 4.69) is 98.5 Å². The van der Waals surface area contributed by atoms with Crippen LogP contribution in [0.2, 0.25) is 0 Å². The van der Waals surface area contributed by atoms with Gasteiger partial charge in [-0.3, -0.25) is 13.6 Å². The van der Waals surface area contributed by atoms with Gasteiger partial charge in [-0.25, -0.2) is 0 Å². The van der Waals surface area contributed by atoms with Gasteiger partial charge in [0.1, 0.15) is 0 Å². The van der Waals surface area contributed by atoms with Gasteiger partial charge in [0.2, 0.25) is 0 Å². The molecule has 0 saturated heterocycles. The van der Waals surface area contributed by atoms with E-state index in [4.69, 9.17) is 9.59 Å². The molecule has 3 heteroatoms. The van der Waals surface area contributed by atoms with E-state index in [1.165, 1.54) is 44.5 Å². The van der Waals surface area contributed by atoms with E-state index < -0.39 is 0 Å². The summed E-state index contributed by atoms with van der Waals surface area (Å²) in [5, 5.41) is 0. The molecular weight excluding hydrogens is 440 g/mol. The van der Waals surface area contributed by atoms with Gasteiger partial charge in [0.25, 0.3) is 0 Å². The minimum absolute atomic E-state index is 1.05. The van der Waals surface area contributed by atoms with Crippen molar-refractivity contribution < 1.29 is 29.6 Å². The quantitative estimate of drug-likeness (QED) is 0.159. The maximum absolute atomic E-state index is 7.75. The molecule has 0 unspecified atom stereocenters. The van der Waals surface area contributed by atoms with Crippen molar-refractivity contribution >= 4 is 17.9 Å². The fourth-order valence-electron chi connectivity index (χ4n) is 4.00. The molecule has 4 aromatic carbocycles. The molecule has 0 amide bonds. The summed E-state index contributed by atoms with van der Waals surface area (Å²) in [5.41, 5.74) is 11.0. The van der Waals surface area contributed by atoms with Crippen molar-refractivity contribution in [2.75, 3.05) is 0 Å². The van der Waals surface area contributed by atoms with Gasteiger partial charge in [0.05, 0.1) is 0 Å². The second-order valence-corrected chi connectivity index (χ2v) is 7.98. The third-order valence-electron chi connectivity index (χ3n) is 5.23. The minimum atomic E-state index is 1.05. The average molecular weight is 464 g/mol. The first-order chi connectivity index (χ1) is 16.3. The number of benzene rings is 4. The topological polar surface area (TPSA) is 34.1 Å². The standard InChI is InChI=1S/2C13H9.C2H4.2CHO.Ti/c2*1-3-7-12-10(5-1)9-11-6-2-4-8-13(11)12;3*1-2;/h2*1-5,7-8H,9H2;1H,2H3;2*1H;/q2*-1;;2*-1;. The van der Waals surface area contributed by atoms with Crippen LogP contribution in [-0.4, -0.2) is 17.9 Å². The Balaban J connectivity index is 0.000000185. The summed E-state index contributed by atoms with van der Waals surface area (Å²) in [4.78, 5) is 15.5. The van der Waals surface area contributed by atoms with Gasteiger partial charge in [-0.1, -0.05) is 70.8 Å². The zero-order valence-corrected chi connectivity index (χ0v) is 20.1. The van der Waals surface area contributed by atoms with Crippen LogP contribution in [0.3, 0.4) is 0 Å². The van der Waals surface area contributed by atoms with Crippen LogP contribution in [0.15, 0.2) is 84.9 Å². The molecule has 0 atom stereocenters. The van der Waals surface area contributed by atoms with E-state index in [0.717, 1.165) is 12.8 Å². The first-order valence-electron chi connectivity index (χ1n) is 10.4. The molecule has 0 radical (unpaired) electrons. The molecule has 33 heavy (non-hydrogen) atoms. The summed E-state index contributed by atoms with van der Waals surface area (Å²) < 4.78 is 2.00. The first-order valence-corrected chi connectivity index (χ1v) is 11.3. The van der Waals surface area contributed by atoms with E-state index >= 15 is 0 Å². The molecule has 0 fully saturated rings. The molecule has 2 aliphatic carbocycles. The molecule has 0 heterocycles. The van der Waals surface area contributed by atoms with Crippen LogP contribution in [0.25, 0.3) is 22.3 Å². The summed E-state index contributed by atoms with van der Waals surface area (Å²) in [6.07, 6.45) is 2.10. The second-order valence-electron chi connectivity index (χ2n) is 7.08. The molecule has 164 valence electrons. The molecule has 0 N–H and O–H groups in total. The van der Waals surface area contributed by atoms with Crippen LogP contribution in [0.4, 0.5) is 0 Å². The Bertz CT molecular complexity index is 1010. The van der Waals surface area contributed by atoms with Gasteiger partial charge >= 0.3 is 31.2 Å². The van der Waals surface area contributed by atoms with Crippen molar-refractivity contribution in [3.63, 3.8) is 0 Å². The van der Waals surface area contributed by atoms with Crippen molar-refractivity contribution in [1.29, 1.82) is 0 Å². The Hall–Kier alpha value is -3.20. The Kier molecular flexibility index (Phi) is 11.1. The summed E-state index contributed by atoms with van der Waals surface area (Å²) in [6, 6.07) is 36.2. The SMILES string of the molecule is C[CH]=[Ti].[CH-]=O.[CH-]=O.[c-]1cccc2c1Cc1ccccc1-2.[c-]1cccc2c1Cc1ccccc1-2. The second kappa shape index (κ2) is 14.1. The van der Waals surface area contributed by atoms with E-state index in [1.807, 2.05) is 43.3 Å². The monoisotopic (exact) mass is 464 g/mol. The third-order valence-corrected chi connectivity index (χ3v) is 5.23. The van der Waals surface area contributed by atoms with E-state index in [-0.39, 0.29) is 0 Å². The smallest absolute Gasteiger partial charge is 0.0253 e. The van der Waals surface area contributed by atoms with Crippen LogP contribution in [-0.2, 0) is 42.4 Å². The molecule has 0 spiro atoms. The predicted molar refractivity (Wildman–Crippen MR) is 132 cm³/mol. The molecule has 2 nitrogen and oxygen atoms in total. The zero-order valence-electron chi connectivity index (χ0n) is 18.5. The van der Waals surface area contributed by atoms with E-state index in [1.54, 1.807) is 0 Å². The van der Waals surface area contributed by atoms with Gasteiger partial charge in [-0.2, -0.15) is 59.7 Å². The normalized spacial score (nSPS) is 10.3. The molecule has 0 aliphatic heterocycles. The summed E-state index contributed by atoms with van der Waals surface area (Å²) in [7, 11) is 0. The molecule has 6 rings (SSSR count). The number of hydrogen-bond acceptors (Lipinski definition) is 2.